The molecule has 0 bridgehead atoms. The molecule has 0 aromatic heterocycles. The normalized spacial score (nSPS) is 15.4. The molecule has 4 heteroatoms. The van der Waals surface area contributed by atoms with E-state index in [9.17, 15) is 5.26 Å². The van der Waals surface area contributed by atoms with Gasteiger partial charge in [0.25, 0.3) is 0 Å². The Morgan fingerprint density at radius 1 is 1.38 bits per heavy atom. The van der Waals surface area contributed by atoms with Crippen molar-refractivity contribution >= 4 is 0 Å². The lowest BCUT2D eigenvalue weighted by atomic mass is 9.88. The first-order valence-electron chi connectivity index (χ1n) is 7.52. The molecule has 4 nitrogen and oxygen atoms in total. The average molecular weight is 289 g/mol. The lowest BCUT2D eigenvalue weighted by Gasteiger charge is -2.32. The predicted molar refractivity (Wildman–Crippen MR) is 86.0 cm³/mol. The van der Waals surface area contributed by atoms with Gasteiger partial charge in [-0.25, -0.2) is 0 Å². The number of nitrogens with one attached hydrogen (secondary N) is 1. The summed E-state index contributed by atoms with van der Waals surface area (Å²) in [5.41, 5.74) is 0.382. The lowest BCUT2D eigenvalue weighted by molar-refractivity contribution is 0.0975. The summed E-state index contributed by atoms with van der Waals surface area (Å²) in [5.74, 6) is 0. The van der Waals surface area contributed by atoms with Gasteiger partial charge < -0.3 is 4.74 Å². The van der Waals surface area contributed by atoms with E-state index in [1.165, 1.54) is 0 Å². The number of nitriles is 1. The highest BCUT2D eigenvalue weighted by Gasteiger charge is 2.31. The van der Waals surface area contributed by atoms with Crippen molar-refractivity contribution in [2.24, 2.45) is 0 Å². The van der Waals surface area contributed by atoms with Crippen molar-refractivity contribution in [3.8, 4) is 6.07 Å². The van der Waals surface area contributed by atoms with Crippen LogP contribution in [0.2, 0.25) is 0 Å². The van der Waals surface area contributed by atoms with E-state index < -0.39 is 5.54 Å². The highest BCUT2D eigenvalue weighted by Crippen LogP contribution is 2.24. The molecule has 1 aromatic rings. The van der Waals surface area contributed by atoms with Crippen LogP contribution >= 0.6 is 0 Å². The fourth-order valence-corrected chi connectivity index (χ4v) is 2.66. The smallest absolute Gasteiger partial charge is 0.133 e. The van der Waals surface area contributed by atoms with Gasteiger partial charge in [0.1, 0.15) is 5.54 Å². The molecule has 1 aromatic carbocycles. The summed E-state index contributed by atoms with van der Waals surface area (Å²) in [6.07, 6.45) is 0.742. The van der Waals surface area contributed by atoms with Gasteiger partial charge in [0.05, 0.1) is 12.7 Å². The second kappa shape index (κ2) is 8.78. The van der Waals surface area contributed by atoms with Crippen molar-refractivity contribution in [3.05, 3.63) is 35.9 Å². The highest BCUT2D eigenvalue weighted by atomic mass is 16.5. The Hall–Kier alpha value is -1.41. The van der Waals surface area contributed by atoms with Gasteiger partial charge in [-0.1, -0.05) is 37.3 Å². The Balaban J connectivity index is 2.82. The van der Waals surface area contributed by atoms with Crippen LogP contribution in [0, 0.1) is 11.3 Å². The predicted octanol–water partition coefficient (Wildman–Crippen LogP) is 2.37. The summed E-state index contributed by atoms with van der Waals surface area (Å²) < 4.78 is 5.23. The summed E-state index contributed by atoms with van der Waals surface area (Å²) in [6.45, 7) is 6.80. The number of nitrogens with zero attached hydrogens (tertiary/aromatic N) is 2. The summed E-state index contributed by atoms with van der Waals surface area (Å²) in [6, 6.07) is 12.8. The standard InChI is InChI=1S/C17H27N3O/c1-5-20(15(2)13-21-4)12-11-17(14-18,19-3)16-9-7-6-8-10-16/h6-10,15,19H,5,11-13H2,1-4H3. The maximum atomic E-state index is 9.70. The van der Waals surface area contributed by atoms with Crippen LogP contribution < -0.4 is 5.32 Å². The third kappa shape index (κ3) is 4.53. The molecule has 0 saturated heterocycles. The molecule has 0 aliphatic carbocycles. The molecule has 0 radical (unpaired) electrons. The Bertz CT molecular complexity index is 443. The zero-order chi connectivity index (χ0) is 15.7. The topological polar surface area (TPSA) is 48.3 Å². The SMILES string of the molecule is CCN(CCC(C#N)(NC)c1ccccc1)C(C)COC. The van der Waals surface area contributed by atoms with E-state index in [0.29, 0.717) is 12.6 Å². The summed E-state index contributed by atoms with van der Waals surface area (Å²) in [4.78, 5) is 2.34. The summed E-state index contributed by atoms with van der Waals surface area (Å²) in [7, 11) is 3.58. The number of rotatable bonds is 9. The Kier molecular flexibility index (Phi) is 7.38. The molecule has 2 unspecified atom stereocenters. The van der Waals surface area contributed by atoms with Crippen LogP contribution in [0.25, 0.3) is 0 Å². The van der Waals surface area contributed by atoms with E-state index in [1.807, 2.05) is 37.4 Å². The van der Waals surface area contributed by atoms with Crippen molar-refractivity contribution in [1.29, 1.82) is 5.26 Å². The fraction of sp³-hybridized carbons (Fsp3) is 0.588. The van der Waals surface area contributed by atoms with Gasteiger partial charge in [-0.15, -0.1) is 0 Å². The van der Waals surface area contributed by atoms with Crippen molar-refractivity contribution < 1.29 is 4.74 Å². The third-order valence-electron chi connectivity index (χ3n) is 4.10. The van der Waals surface area contributed by atoms with E-state index in [2.05, 4.69) is 30.1 Å². The Morgan fingerprint density at radius 2 is 2.05 bits per heavy atom. The maximum absolute atomic E-state index is 9.70. The van der Waals surface area contributed by atoms with Crippen molar-refractivity contribution in [1.82, 2.24) is 10.2 Å². The molecule has 0 spiro atoms. The molecule has 116 valence electrons. The van der Waals surface area contributed by atoms with E-state index >= 15 is 0 Å². The number of likely N-dealkylation sites (N-methyl/N-ethyl adjacent to an activating group) is 1. The van der Waals surface area contributed by atoms with E-state index in [0.717, 1.165) is 25.1 Å². The van der Waals surface area contributed by atoms with Gasteiger partial charge in [0.2, 0.25) is 0 Å². The molecule has 0 aliphatic rings. The first-order valence-corrected chi connectivity index (χ1v) is 7.52. The van der Waals surface area contributed by atoms with Crippen molar-refractivity contribution in [3.63, 3.8) is 0 Å². The van der Waals surface area contributed by atoms with Crippen LogP contribution in [0.4, 0.5) is 0 Å². The van der Waals surface area contributed by atoms with Gasteiger partial charge in [-0.3, -0.25) is 10.2 Å². The first-order chi connectivity index (χ1) is 10.1. The molecular weight excluding hydrogens is 262 g/mol. The molecule has 0 heterocycles. The minimum atomic E-state index is -0.637. The quantitative estimate of drug-likeness (QED) is 0.758. The third-order valence-corrected chi connectivity index (χ3v) is 4.10. The molecular formula is C17H27N3O. The molecule has 2 atom stereocenters. The number of benzene rings is 1. The zero-order valence-electron chi connectivity index (χ0n) is 13.6. The minimum absolute atomic E-state index is 0.351. The van der Waals surface area contributed by atoms with E-state index in [1.54, 1.807) is 7.11 Å². The van der Waals surface area contributed by atoms with E-state index in [4.69, 9.17) is 4.74 Å². The molecule has 21 heavy (non-hydrogen) atoms. The Labute approximate surface area is 128 Å². The maximum Gasteiger partial charge on any atom is 0.133 e. The molecule has 1 N–H and O–H groups in total. The zero-order valence-corrected chi connectivity index (χ0v) is 13.6. The summed E-state index contributed by atoms with van der Waals surface area (Å²) >= 11 is 0. The second-order valence-corrected chi connectivity index (χ2v) is 5.32. The van der Waals surface area contributed by atoms with Crippen LogP contribution in [0.5, 0.6) is 0 Å². The molecule has 0 fully saturated rings. The molecule has 1 rings (SSSR count). The van der Waals surface area contributed by atoms with Crippen LogP contribution in [0.3, 0.4) is 0 Å². The number of hydrogen-bond donors (Lipinski definition) is 1. The number of ether oxygens (including phenoxy) is 1. The van der Waals surface area contributed by atoms with E-state index in [-0.39, 0.29) is 0 Å². The van der Waals surface area contributed by atoms with Crippen LogP contribution in [-0.4, -0.2) is 44.8 Å². The first kappa shape index (κ1) is 17.6. The number of methoxy groups -OCH3 is 1. The van der Waals surface area contributed by atoms with Crippen LogP contribution in [0.1, 0.15) is 25.8 Å². The highest BCUT2D eigenvalue weighted by molar-refractivity contribution is 5.31. The van der Waals surface area contributed by atoms with Gasteiger partial charge in [-0.2, -0.15) is 5.26 Å². The number of hydrogen-bond acceptors (Lipinski definition) is 4. The lowest BCUT2D eigenvalue weighted by Crippen LogP contribution is -2.44. The molecule has 0 aliphatic heterocycles. The largest absolute Gasteiger partial charge is 0.383 e. The monoisotopic (exact) mass is 289 g/mol. The van der Waals surface area contributed by atoms with Crippen LogP contribution in [-0.2, 0) is 10.3 Å². The van der Waals surface area contributed by atoms with Crippen molar-refractivity contribution in [2.75, 3.05) is 33.9 Å². The fourth-order valence-electron chi connectivity index (χ4n) is 2.66. The second-order valence-electron chi connectivity index (χ2n) is 5.32. The van der Waals surface area contributed by atoms with Gasteiger partial charge in [-0.05, 0) is 32.5 Å². The Morgan fingerprint density at radius 3 is 2.52 bits per heavy atom. The van der Waals surface area contributed by atoms with Gasteiger partial charge >= 0.3 is 0 Å². The van der Waals surface area contributed by atoms with Crippen molar-refractivity contribution in [2.45, 2.75) is 31.8 Å². The van der Waals surface area contributed by atoms with Crippen LogP contribution in [0.15, 0.2) is 30.3 Å². The molecule has 0 saturated carbocycles. The molecule has 0 amide bonds. The average Bonchev–Trinajstić information content (AvgIpc) is 2.53. The van der Waals surface area contributed by atoms with Gasteiger partial charge in [0, 0.05) is 19.7 Å². The minimum Gasteiger partial charge on any atom is -0.383 e. The summed E-state index contributed by atoms with van der Waals surface area (Å²) in [5, 5.41) is 12.9. The van der Waals surface area contributed by atoms with Gasteiger partial charge in [0.15, 0.2) is 0 Å².